The van der Waals surface area contributed by atoms with E-state index in [1.807, 2.05) is 30.3 Å². The van der Waals surface area contributed by atoms with Crippen molar-refractivity contribution in [2.45, 2.75) is 38.3 Å². The predicted octanol–water partition coefficient (Wildman–Crippen LogP) is 1.86. The largest absolute Gasteiger partial charge is 0.488 e. The third-order valence-corrected chi connectivity index (χ3v) is 6.75. The first-order valence-electron chi connectivity index (χ1n) is 12.3. The van der Waals surface area contributed by atoms with Crippen LogP contribution in [0.25, 0.3) is 0 Å². The van der Waals surface area contributed by atoms with Crippen molar-refractivity contribution in [3.8, 4) is 5.75 Å². The van der Waals surface area contributed by atoms with E-state index in [2.05, 4.69) is 10.4 Å². The molecule has 2 aromatic carbocycles. The highest BCUT2D eigenvalue weighted by Gasteiger charge is 2.54. The van der Waals surface area contributed by atoms with Crippen molar-refractivity contribution in [3.05, 3.63) is 65.7 Å². The molecule has 2 aliphatic heterocycles. The maximum absolute atomic E-state index is 14.2. The highest BCUT2D eigenvalue weighted by molar-refractivity contribution is 6.13. The van der Waals surface area contributed by atoms with E-state index in [9.17, 15) is 23.2 Å². The molecule has 2 unspecified atom stereocenters. The standard InChI is InChI=1S/C27H31F2N5O4/c1-26(2,30)24(36)31-20(15-38-21-10-9-18(28)13-19(21)29)23(35)34-12-11-22-27(16-34,25(37)33(3)32-22)14-17-7-5-4-6-8-17/h4-10,13,20H,11-12,14-16,30H2,1-3H3,(H,31,36). The Bertz CT molecular complexity index is 1260. The third kappa shape index (κ3) is 5.52. The normalized spacial score (nSPS) is 20.1. The molecule has 0 bridgehead atoms. The van der Waals surface area contributed by atoms with E-state index in [0.717, 1.165) is 17.7 Å². The number of carbonyl (C=O) groups is 3. The van der Waals surface area contributed by atoms with Gasteiger partial charge in [-0.05, 0) is 38.0 Å². The fourth-order valence-electron chi connectivity index (χ4n) is 4.72. The van der Waals surface area contributed by atoms with Crippen LogP contribution in [-0.4, -0.2) is 71.7 Å². The van der Waals surface area contributed by atoms with Crippen molar-refractivity contribution in [1.29, 1.82) is 0 Å². The number of nitrogens with two attached hydrogens (primary N) is 1. The Labute approximate surface area is 219 Å². The summed E-state index contributed by atoms with van der Waals surface area (Å²) in [6.45, 7) is 2.84. The molecule has 1 saturated heterocycles. The van der Waals surface area contributed by atoms with Crippen LogP contribution in [0.15, 0.2) is 53.6 Å². The van der Waals surface area contributed by atoms with Gasteiger partial charge in [-0.15, -0.1) is 0 Å². The molecule has 38 heavy (non-hydrogen) atoms. The monoisotopic (exact) mass is 527 g/mol. The van der Waals surface area contributed by atoms with Crippen LogP contribution in [0.1, 0.15) is 25.8 Å². The van der Waals surface area contributed by atoms with Crippen LogP contribution < -0.4 is 15.8 Å². The van der Waals surface area contributed by atoms with Crippen LogP contribution in [-0.2, 0) is 20.8 Å². The molecule has 0 spiro atoms. The van der Waals surface area contributed by atoms with E-state index in [1.165, 1.54) is 23.8 Å². The summed E-state index contributed by atoms with van der Waals surface area (Å²) in [6.07, 6.45) is 0.717. The van der Waals surface area contributed by atoms with Crippen molar-refractivity contribution in [2.24, 2.45) is 16.3 Å². The van der Waals surface area contributed by atoms with Gasteiger partial charge in [0, 0.05) is 32.6 Å². The minimum absolute atomic E-state index is 0.0477. The topological polar surface area (TPSA) is 117 Å². The number of fused-ring (bicyclic) bond motifs is 1. The SMILES string of the molecule is CN1N=C2CCN(C(=O)C(COc3ccc(F)cc3F)NC(=O)C(C)(C)N)CC2(Cc2ccccc2)C1=O. The van der Waals surface area contributed by atoms with Crippen molar-refractivity contribution in [2.75, 3.05) is 26.7 Å². The zero-order valence-corrected chi connectivity index (χ0v) is 21.5. The number of rotatable bonds is 8. The lowest BCUT2D eigenvalue weighted by atomic mass is 9.73. The summed E-state index contributed by atoms with van der Waals surface area (Å²) in [5, 5.41) is 8.35. The molecule has 0 aromatic heterocycles. The van der Waals surface area contributed by atoms with Gasteiger partial charge in [0.05, 0.1) is 11.3 Å². The van der Waals surface area contributed by atoms with Gasteiger partial charge in [0.15, 0.2) is 11.6 Å². The van der Waals surface area contributed by atoms with Gasteiger partial charge in [-0.3, -0.25) is 14.4 Å². The number of nitrogens with one attached hydrogen (secondary N) is 1. The van der Waals surface area contributed by atoms with Gasteiger partial charge in [0.2, 0.25) is 11.8 Å². The maximum Gasteiger partial charge on any atom is 0.256 e. The average molecular weight is 528 g/mol. The number of benzene rings is 2. The number of piperidine rings is 1. The lowest BCUT2D eigenvalue weighted by Crippen LogP contribution is -2.62. The average Bonchev–Trinajstić information content (AvgIpc) is 3.11. The number of amides is 3. The number of halogens is 2. The maximum atomic E-state index is 14.2. The lowest BCUT2D eigenvalue weighted by molar-refractivity contribution is -0.143. The minimum atomic E-state index is -1.31. The molecule has 2 atom stereocenters. The second kappa shape index (κ2) is 10.5. The van der Waals surface area contributed by atoms with Gasteiger partial charge in [-0.1, -0.05) is 30.3 Å². The highest BCUT2D eigenvalue weighted by Crippen LogP contribution is 2.38. The Hall–Kier alpha value is -3.86. The van der Waals surface area contributed by atoms with Crippen molar-refractivity contribution in [1.82, 2.24) is 15.2 Å². The Balaban J connectivity index is 1.59. The highest BCUT2D eigenvalue weighted by atomic mass is 19.1. The molecule has 2 aliphatic rings. The summed E-state index contributed by atoms with van der Waals surface area (Å²) in [6, 6.07) is 11.0. The van der Waals surface area contributed by atoms with Gasteiger partial charge in [-0.2, -0.15) is 5.10 Å². The molecular weight excluding hydrogens is 496 g/mol. The summed E-state index contributed by atoms with van der Waals surface area (Å²) in [5.74, 6) is -3.34. The molecule has 2 aromatic rings. The second-order valence-corrected chi connectivity index (χ2v) is 10.3. The zero-order valence-electron chi connectivity index (χ0n) is 21.5. The summed E-state index contributed by atoms with van der Waals surface area (Å²) >= 11 is 0. The first-order valence-corrected chi connectivity index (χ1v) is 12.3. The molecule has 11 heteroatoms. The Morgan fingerprint density at radius 1 is 1.21 bits per heavy atom. The van der Waals surface area contributed by atoms with Gasteiger partial charge in [0.1, 0.15) is 23.9 Å². The number of likely N-dealkylation sites (tertiary alicyclic amines) is 1. The smallest absolute Gasteiger partial charge is 0.256 e. The third-order valence-electron chi connectivity index (χ3n) is 6.75. The van der Waals surface area contributed by atoms with Crippen LogP contribution >= 0.6 is 0 Å². The molecule has 9 nitrogen and oxygen atoms in total. The fourth-order valence-corrected chi connectivity index (χ4v) is 4.72. The van der Waals surface area contributed by atoms with Crippen LogP contribution in [0.5, 0.6) is 5.75 Å². The van der Waals surface area contributed by atoms with Crippen LogP contribution in [0, 0.1) is 17.0 Å². The number of hydrogen-bond acceptors (Lipinski definition) is 6. The summed E-state index contributed by atoms with van der Waals surface area (Å²) in [5.41, 5.74) is 5.19. The van der Waals surface area contributed by atoms with Gasteiger partial charge in [-0.25, -0.2) is 13.8 Å². The number of nitrogens with zero attached hydrogens (tertiary/aromatic N) is 3. The first kappa shape index (κ1) is 27.2. The molecule has 3 amide bonds. The molecule has 202 valence electrons. The van der Waals surface area contributed by atoms with E-state index in [1.54, 1.807) is 7.05 Å². The van der Waals surface area contributed by atoms with Gasteiger partial charge in [0.25, 0.3) is 5.91 Å². The quantitative estimate of drug-likeness (QED) is 0.544. The summed E-state index contributed by atoms with van der Waals surface area (Å²) in [7, 11) is 1.59. The Morgan fingerprint density at radius 2 is 1.92 bits per heavy atom. The number of hydrogen-bond donors (Lipinski definition) is 2. The van der Waals surface area contributed by atoms with Crippen LogP contribution in [0.4, 0.5) is 8.78 Å². The molecule has 4 rings (SSSR count). The fraction of sp³-hybridized carbons (Fsp3) is 0.407. The zero-order chi connectivity index (χ0) is 27.7. The summed E-state index contributed by atoms with van der Waals surface area (Å²) in [4.78, 5) is 41.3. The molecule has 0 radical (unpaired) electrons. The van der Waals surface area contributed by atoms with E-state index in [-0.39, 0.29) is 24.7 Å². The molecular formula is C27H31F2N5O4. The molecule has 3 N–H and O–H groups in total. The number of carbonyl (C=O) groups excluding carboxylic acids is 3. The number of ether oxygens (including phenoxy) is 1. The Morgan fingerprint density at radius 3 is 2.58 bits per heavy atom. The lowest BCUT2D eigenvalue weighted by Gasteiger charge is -2.40. The number of hydrazone groups is 1. The van der Waals surface area contributed by atoms with Crippen LogP contribution in [0.2, 0.25) is 0 Å². The summed E-state index contributed by atoms with van der Waals surface area (Å²) < 4.78 is 33.0. The second-order valence-electron chi connectivity index (χ2n) is 10.3. The van der Waals surface area contributed by atoms with Crippen LogP contribution in [0.3, 0.4) is 0 Å². The molecule has 2 heterocycles. The van der Waals surface area contributed by atoms with E-state index in [0.29, 0.717) is 24.6 Å². The van der Waals surface area contributed by atoms with Gasteiger partial charge >= 0.3 is 0 Å². The molecule has 0 saturated carbocycles. The minimum Gasteiger partial charge on any atom is -0.488 e. The van der Waals surface area contributed by atoms with E-state index in [4.69, 9.17) is 10.5 Å². The van der Waals surface area contributed by atoms with E-state index < -0.39 is 47.1 Å². The predicted molar refractivity (Wildman–Crippen MR) is 136 cm³/mol. The van der Waals surface area contributed by atoms with Crippen molar-refractivity contribution < 1.29 is 27.9 Å². The molecule has 1 fully saturated rings. The van der Waals surface area contributed by atoms with Gasteiger partial charge < -0.3 is 20.7 Å². The first-order chi connectivity index (χ1) is 17.9. The van der Waals surface area contributed by atoms with E-state index >= 15 is 0 Å². The van der Waals surface area contributed by atoms with Crippen molar-refractivity contribution in [3.63, 3.8) is 0 Å². The van der Waals surface area contributed by atoms with Crippen molar-refractivity contribution >= 4 is 23.4 Å². The molecule has 0 aliphatic carbocycles. The Kier molecular flexibility index (Phi) is 7.50.